The smallest absolute Gasteiger partial charge is 0.410 e. The van der Waals surface area contributed by atoms with Crippen molar-refractivity contribution in [3.8, 4) is 0 Å². The van der Waals surface area contributed by atoms with Gasteiger partial charge in [-0.3, -0.25) is 9.69 Å². The number of aromatic nitrogens is 1. The molecule has 1 fully saturated rings. The van der Waals surface area contributed by atoms with Crippen molar-refractivity contribution in [1.29, 1.82) is 0 Å². The Kier molecular flexibility index (Phi) is 6.10. The zero-order valence-corrected chi connectivity index (χ0v) is 17.5. The molecule has 2 aliphatic heterocycles. The lowest BCUT2D eigenvalue weighted by Gasteiger charge is -2.27. The van der Waals surface area contributed by atoms with E-state index in [0.29, 0.717) is 31.9 Å². The number of hydrogen-bond acceptors (Lipinski definition) is 5. The standard InChI is InChI=1S/C21H32N4O3/c1-5-12-25(17-9-8-15-7-6-11-22-18(15)23-17)19(26)16-10-13-24(14-16)20(27)28-21(2,3)4/h8-9,16H,5-7,10-14H2,1-4H3,(H,22,23)/t16-/m1/s1. The number of carbonyl (C=O) groups is 2. The van der Waals surface area contributed by atoms with Gasteiger partial charge in [-0.15, -0.1) is 0 Å². The zero-order chi connectivity index (χ0) is 20.3. The molecule has 1 N–H and O–H groups in total. The van der Waals surface area contributed by atoms with Gasteiger partial charge in [0.05, 0.1) is 5.92 Å². The van der Waals surface area contributed by atoms with Crippen molar-refractivity contribution in [3.05, 3.63) is 17.7 Å². The number of nitrogens with one attached hydrogen (secondary N) is 1. The summed E-state index contributed by atoms with van der Waals surface area (Å²) in [6.45, 7) is 10.1. The van der Waals surface area contributed by atoms with E-state index in [2.05, 4.69) is 18.3 Å². The molecule has 7 heteroatoms. The molecule has 1 atom stereocenters. The van der Waals surface area contributed by atoms with Crippen LogP contribution in [0.15, 0.2) is 12.1 Å². The first kappa shape index (κ1) is 20.4. The van der Waals surface area contributed by atoms with Crippen LogP contribution in [0.25, 0.3) is 0 Å². The van der Waals surface area contributed by atoms with Crippen molar-refractivity contribution < 1.29 is 14.3 Å². The van der Waals surface area contributed by atoms with Crippen molar-refractivity contribution in [2.45, 2.75) is 59.0 Å². The van der Waals surface area contributed by atoms with Gasteiger partial charge in [-0.25, -0.2) is 9.78 Å². The number of pyridine rings is 1. The first-order chi connectivity index (χ1) is 13.3. The monoisotopic (exact) mass is 388 g/mol. The molecule has 0 saturated carbocycles. The molecule has 2 aliphatic rings. The van der Waals surface area contributed by atoms with Crippen LogP contribution in [0.2, 0.25) is 0 Å². The highest BCUT2D eigenvalue weighted by Crippen LogP contribution is 2.27. The van der Waals surface area contributed by atoms with E-state index in [-0.39, 0.29) is 17.9 Å². The number of rotatable bonds is 4. The normalized spacial score (nSPS) is 19.0. The summed E-state index contributed by atoms with van der Waals surface area (Å²) < 4.78 is 5.45. The van der Waals surface area contributed by atoms with Gasteiger partial charge in [0, 0.05) is 26.2 Å². The summed E-state index contributed by atoms with van der Waals surface area (Å²) in [5, 5.41) is 3.33. The quantitative estimate of drug-likeness (QED) is 0.855. The number of nitrogens with zero attached hydrogens (tertiary/aromatic N) is 3. The molecule has 154 valence electrons. The molecule has 0 aromatic carbocycles. The van der Waals surface area contributed by atoms with E-state index >= 15 is 0 Å². The summed E-state index contributed by atoms with van der Waals surface area (Å²) in [7, 11) is 0. The third kappa shape index (κ3) is 4.75. The zero-order valence-electron chi connectivity index (χ0n) is 17.5. The number of carbonyl (C=O) groups excluding carboxylic acids is 2. The molecule has 0 bridgehead atoms. The molecule has 28 heavy (non-hydrogen) atoms. The second-order valence-electron chi connectivity index (χ2n) is 8.61. The summed E-state index contributed by atoms with van der Waals surface area (Å²) in [5.74, 6) is 1.40. The Morgan fingerprint density at radius 3 is 2.86 bits per heavy atom. The molecule has 1 aromatic heterocycles. The predicted octanol–water partition coefficient (Wildman–Crippen LogP) is 3.44. The van der Waals surface area contributed by atoms with Crippen LogP contribution >= 0.6 is 0 Å². The Morgan fingerprint density at radius 2 is 2.14 bits per heavy atom. The number of ether oxygens (including phenoxy) is 1. The molecule has 0 spiro atoms. The predicted molar refractivity (Wildman–Crippen MR) is 110 cm³/mol. The summed E-state index contributed by atoms with van der Waals surface area (Å²) in [4.78, 5) is 33.7. The fourth-order valence-electron chi connectivity index (χ4n) is 3.70. The van der Waals surface area contributed by atoms with Crippen LogP contribution in [0.4, 0.5) is 16.4 Å². The van der Waals surface area contributed by atoms with Crippen molar-refractivity contribution >= 4 is 23.6 Å². The summed E-state index contributed by atoms with van der Waals surface area (Å²) in [6.07, 6.45) is 3.28. The SMILES string of the molecule is CCCN(C(=O)[C@@H]1CCN(C(=O)OC(C)(C)C)C1)c1ccc2c(n1)NCCC2. The number of amides is 2. The Morgan fingerprint density at radius 1 is 1.36 bits per heavy atom. The van der Waals surface area contributed by atoms with Crippen LogP contribution in [0.3, 0.4) is 0 Å². The number of hydrogen-bond donors (Lipinski definition) is 1. The third-order valence-corrected chi connectivity index (χ3v) is 5.06. The molecule has 0 radical (unpaired) electrons. The highest BCUT2D eigenvalue weighted by atomic mass is 16.6. The largest absolute Gasteiger partial charge is 0.444 e. The Bertz CT molecular complexity index is 729. The maximum atomic E-state index is 13.2. The van der Waals surface area contributed by atoms with Crippen LogP contribution in [0.5, 0.6) is 0 Å². The van der Waals surface area contributed by atoms with Gasteiger partial charge in [-0.1, -0.05) is 13.0 Å². The molecule has 3 rings (SSSR count). The second kappa shape index (κ2) is 8.37. The van der Waals surface area contributed by atoms with Crippen LogP contribution in [0.1, 0.15) is 52.5 Å². The van der Waals surface area contributed by atoms with Gasteiger partial charge in [-0.05, 0) is 58.1 Å². The van der Waals surface area contributed by atoms with Gasteiger partial charge in [0.15, 0.2) is 0 Å². The number of anilines is 2. The summed E-state index contributed by atoms with van der Waals surface area (Å²) in [5.41, 5.74) is 0.670. The minimum Gasteiger partial charge on any atom is -0.444 e. The first-order valence-corrected chi connectivity index (χ1v) is 10.3. The van der Waals surface area contributed by atoms with Gasteiger partial charge in [-0.2, -0.15) is 0 Å². The minimum absolute atomic E-state index is 0.0381. The van der Waals surface area contributed by atoms with Crippen LogP contribution in [-0.4, -0.2) is 53.7 Å². The fourth-order valence-corrected chi connectivity index (χ4v) is 3.70. The van der Waals surface area contributed by atoms with E-state index in [0.717, 1.165) is 31.6 Å². The topological polar surface area (TPSA) is 74.8 Å². The number of fused-ring (bicyclic) bond motifs is 1. The molecule has 1 saturated heterocycles. The van der Waals surface area contributed by atoms with Gasteiger partial charge in [0.25, 0.3) is 0 Å². The molecule has 3 heterocycles. The first-order valence-electron chi connectivity index (χ1n) is 10.3. The van der Waals surface area contributed by atoms with Gasteiger partial charge in [0.2, 0.25) is 5.91 Å². The van der Waals surface area contributed by atoms with Crippen LogP contribution < -0.4 is 10.2 Å². The molecule has 0 unspecified atom stereocenters. The Labute approximate surface area is 167 Å². The fraction of sp³-hybridized carbons (Fsp3) is 0.667. The molecule has 7 nitrogen and oxygen atoms in total. The number of aryl methyl sites for hydroxylation is 1. The molecule has 2 amide bonds. The van der Waals surface area contributed by atoms with E-state index < -0.39 is 5.60 Å². The molecule has 0 aliphatic carbocycles. The minimum atomic E-state index is -0.534. The van der Waals surface area contributed by atoms with Gasteiger partial charge >= 0.3 is 6.09 Å². The summed E-state index contributed by atoms with van der Waals surface area (Å²) in [6, 6.07) is 4.02. The average Bonchev–Trinajstić information content (AvgIpc) is 3.14. The Hall–Kier alpha value is -2.31. The van der Waals surface area contributed by atoms with Gasteiger partial charge < -0.3 is 15.0 Å². The lowest BCUT2D eigenvalue weighted by atomic mass is 10.1. The molecular weight excluding hydrogens is 356 g/mol. The van der Waals surface area contributed by atoms with Gasteiger partial charge in [0.1, 0.15) is 17.2 Å². The maximum absolute atomic E-state index is 13.2. The summed E-state index contributed by atoms with van der Waals surface area (Å²) >= 11 is 0. The number of likely N-dealkylation sites (tertiary alicyclic amines) is 1. The van der Waals surface area contributed by atoms with Crippen molar-refractivity contribution in [1.82, 2.24) is 9.88 Å². The van der Waals surface area contributed by atoms with E-state index in [9.17, 15) is 9.59 Å². The van der Waals surface area contributed by atoms with Crippen molar-refractivity contribution in [2.24, 2.45) is 5.92 Å². The van der Waals surface area contributed by atoms with Crippen molar-refractivity contribution in [3.63, 3.8) is 0 Å². The Balaban J connectivity index is 1.71. The lowest BCUT2D eigenvalue weighted by molar-refractivity contribution is -0.122. The highest BCUT2D eigenvalue weighted by molar-refractivity contribution is 5.95. The van der Waals surface area contributed by atoms with E-state index in [1.54, 1.807) is 9.80 Å². The van der Waals surface area contributed by atoms with E-state index in [4.69, 9.17) is 9.72 Å². The lowest BCUT2D eigenvalue weighted by Crippen LogP contribution is -2.40. The highest BCUT2D eigenvalue weighted by Gasteiger charge is 2.36. The van der Waals surface area contributed by atoms with Crippen LogP contribution in [0, 0.1) is 5.92 Å². The average molecular weight is 389 g/mol. The molecular formula is C21H32N4O3. The van der Waals surface area contributed by atoms with Crippen molar-refractivity contribution in [2.75, 3.05) is 36.4 Å². The van der Waals surface area contributed by atoms with Crippen LogP contribution in [-0.2, 0) is 16.0 Å². The third-order valence-electron chi connectivity index (χ3n) is 5.06. The second-order valence-corrected chi connectivity index (χ2v) is 8.61. The maximum Gasteiger partial charge on any atom is 0.410 e. The molecule has 1 aromatic rings. The van der Waals surface area contributed by atoms with E-state index in [1.165, 1.54) is 5.56 Å². The van der Waals surface area contributed by atoms with E-state index in [1.807, 2.05) is 26.8 Å².